The van der Waals surface area contributed by atoms with Crippen LogP contribution in [0, 0.1) is 0 Å². The SMILES string of the molecule is Brc1cc2c(cc1/C=N\Nc1nc(NCc3ccccc3)nc(Nc3ccccc3)n1)OCO2. The highest BCUT2D eigenvalue weighted by molar-refractivity contribution is 9.10. The summed E-state index contributed by atoms with van der Waals surface area (Å²) in [5.41, 5.74) is 5.68. The number of hydrogen-bond donors (Lipinski definition) is 3. The molecule has 3 N–H and O–H groups in total. The van der Waals surface area contributed by atoms with E-state index in [0.29, 0.717) is 29.9 Å². The van der Waals surface area contributed by atoms with Crippen molar-refractivity contribution in [3.05, 3.63) is 88.4 Å². The Hall–Kier alpha value is -4.18. The van der Waals surface area contributed by atoms with E-state index in [-0.39, 0.29) is 12.7 Å². The molecule has 0 atom stereocenters. The van der Waals surface area contributed by atoms with E-state index in [1.54, 1.807) is 6.21 Å². The summed E-state index contributed by atoms with van der Waals surface area (Å²) < 4.78 is 11.6. The number of halogens is 1. The fourth-order valence-electron chi connectivity index (χ4n) is 3.18. The van der Waals surface area contributed by atoms with Gasteiger partial charge < -0.3 is 20.1 Å². The first kappa shape index (κ1) is 21.7. The molecule has 5 rings (SSSR count). The largest absolute Gasteiger partial charge is 0.454 e. The number of para-hydroxylation sites is 1. The number of fused-ring (bicyclic) bond motifs is 1. The van der Waals surface area contributed by atoms with Crippen LogP contribution in [0.4, 0.5) is 23.5 Å². The van der Waals surface area contributed by atoms with E-state index >= 15 is 0 Å². The molecule has 0 amide bonds. The summed E-state index contributed by atoms with van der Waals surface area (Å²) in [5.74, 6) is 2.46. The molecule has 0 saturated heterocycles. The van der Waals surface area contributed by atoms with Crippen LogP contribution in [0.5, 0.6) is 11.5 Å². The van der Waals surface area contributed by atoms with E-state index in [9.17, 15) is 0 Å². The number of anilines is 4. The third-order valence-corrected chi connectivity index (χ3v) is 5.51. The van der Waals surface area contributed by atoms with Crippen molar-refractivity contribution in [2.75, 3.05) is 22.9 Å². The molecule has 34 heavy (non-hydrogen) atoms. The summed E-state index contributed by atoms with van der Waals surface area (Å²) in [6, 6.07) is 23.4. The number of nitrogens with one attached hydrogen (secondary N) is 3. The standard InChI is InChI=1S/C24H20BrN7O2/c25-19-12-21-20(33-15-34-21)11-17(19)14-27-32-24-30-22(26-13-16-7-3-1-4-8-16)29-23(31-24)28-18-9-5-2-6-10-18/h1-12,14H,13,15H2,(H3,26,28,29,30,31,32)/b27-14-. The fraction of sp³-hybridized carbons (Fsp3) is 0.0833. The lowest BCUT2D eigenvalue weighted by Gasteiger charge is -2.10. The van der Waals surface area contributed by atoms with Crippen LogP contribution in [0.3, 0.4) is 0 Å². The zero-order valence-corrected chi connectivity index (χ0v) is 19.5. The van der Waals surface area contributed by atoms with Crippen molar-refractivity contribution < 1.29 is 9.47 Å². The number of hydrogen-bond acceptors (Lipinski definition) is 9. The van der Waals surface area contributed by atoms with Crippen molar-refractivity contribution in [2.24, 2.45) is 5.10 Å². The average molecular weight is 518 g/mol. The average Bonchev–Trinajstić information content (AvgIpc) is 3.31. The minimum Gasteiger partial charge on any atom is -0.454 e. The van der Waals surface area contributed by atoms with Gasteiger partial charge >= 0.3 is 0 Å². The molecular weight excluding hydrogens is 498 g/mol. The number of nitrogens with zero attached hydrogens (tertiary/aromatic N) is 4. The molecule has 0 unspecified atom stereocenters. The minimum absolute atomic E-state index is 0.210. The molecule has 0 radical (unpaired) electrons. The maximum absolute atomic E-state index is 5.44. The van der Waals surface area contributed by atoms with Crippen molar-refractivity contribution in [1.82, 2.24) is 15.0 Å². The van der Waals surface area contributed by atoms with E-state index in [1.165, 1.54) is 0 Å². The van der Waals surface area contributed by atoms with E-state index in [0.717, 1.165) is 21.3 Å². The van der Waals surface area contributed by atoms with Gasteiger partial charge in [0.2, 0.25) is 24.6 Å². The zero-order chi connectivity index (χ0) is 23.2. The van der Waals surface area contributed by atoms with Gasteiger partial charge in [-0.05, 0) is 45.8 Å². The van der Waals surface area contributed by atoms with Crippen LogP contribution in [0.2, 0.25) is 0 Å². The Kier molecular flexibility index (Phi) is 6.48. The predicted molar refractivity (Wildman–Crippen MR) is 135 cm³/mol. The second-order valence-corrected chi connectivity index (χ2v) is 8.09. The van der Waals surface area contributed by atoms with Gasteiger partial charge in [0.15, 0.2) is 11.5 Å². The number of rotatable bonds is 8. The second kappa shape index (κ2) is 10.2. The normalized spacial score (nSPS) is 12.0. The Balaban J connectivity index is 1.35. The van der Waals surface area contributed by atoms with Crippen LogP contribution < -0.4 is 25.5 Å². The summed E-state index contributed by atoms with van der Waals surface area (Å²) in [6.45, 7) is 0.782. The second-order valence-electron chi connectivity index (χ2n) is 7.23. The molecule has 170 valence electrons. The van der Waals surface area contributed by atoms with E-state index < -0.39 is 0 Å². The Labute approximate surface area is 204 Å². The van der Waals surface area contributed by atoms with Gasteiger partial charge in [-0.1, -0.05) is 48.5 Å². The van der Waals surface area contributed by atoms with E-state index in [2.05, 4.69) is 52.0 Å². The molecule has 0 aliphatic carbocycles. The zero-order valence-electron chi connectivity index (χ0n) is 17.9. The number of benzene rings is 3. The third-order valence-electron chi connectivity index (χ3n) is 4.82. The maximum Gasteiger partial charge on any atom is 0.250 e. The first-order chi connectivity index (χ1) is 16.7. The quantitative estimate of drug-likeness (QED) is 0.217. The highest BCUT2D eigenvalue weighted by Crippen LogP contribution is 2.36. The van der Waals surface area contributed by atoms with Crippen LogP contribution in [0.15, 0.2) is 82.4 Å². The van der Waals surface area contributed by atoms with Crippen molar-refractivity contribution in [3.63, 3.8) is 0 Å². The summed E-state index contributed by atoms with van der Waals surface area (Å²) >= 11 is 3.52. The molecule has 9 nitrogen and oxygen atoms in total. The van der Waals surface area contributed by atoms with Crippen molar-refractivity contribution in [1.29, 1.82) is 0 Å². The lowest BCUT2D eigenvalue weighted by atomic mass is 10.2. The minimum atomic E-state index is 0.210. The molecule has 0 saturated carbocycles. The Bertz CT molecular complexity index is 1300. The number of hydrazone groups is 1. The lowest BCUT2D eigenvalue weighted by Crippen LogP contribution is -2.09. The van der Waals surface area contributed by atoms with Crippen LogP contribution in [-0.4, -0.2) is 28.0 Å². The molecule has 0 bridgehead atoms. The van der Waals surface area contributed by atoms with E-state index in [4.69, 9.17) is 9.47 Å². The number of aromatic nitrogens is 3. The highest BCUT2D eigenvalue weighted by Gasteiger charge is 2.15. The molecule has 0 fully saturated rings. The van der Waals surface area contributed by atoms with Gasteiger partial charge in [-0.2, -0.15) is 20.1 Å². The Morgan fingerprint density at radius 2 is 1.53 bits per heavy atom. The summed E-state index contributed by atoms with van der Waals surface area (Å²) in [5, 5.41) is 10.7. The molecule has 1 aliphatic rings. The predicted octanol–water partition coefficient (Wildman–Crippen LogP) is 5.16. The van der Waals surface area contributed by atoms with Crippen LogP contribution in [0.1, 0.15) is 11.1 Å². The molecule has 10 heteroatoms. The van der Waals surface area contributed by atoms with Gasteiger partial charge in [0.25, 0.3) is 0 Å². The summed E-state index contributed by atoms with van der Waals surface area (Å²) in [7, 11) is 0. The van der Waals surface area contributed by atoms with Gasteiger partial charge in [0, 0.05) is 22.3 Å². The van der Waals surface area contributed by atoms with Gasteiger partial charge in [-0.15, -0.1) is 0 Å². The molecule has 4 aromatic rings. The fourth-order valence-corrected chi connectivity index (χ4v) is 3.60. The highest BCUT2D eigenvalue weighted by atomic mass is 79.9. The number of ether oxygens (including phenoxy) is 2. The Morgan fingerprint density at radius 1 is 0.853 bits per heavy atom. The smallest absolute Gasteiger partial charge is 0.250 e. The molecule has 3 aromatic carbocycles. The van der Waals surface area contributed by atoms with Crippen LogP contribution >= 0.6 is 15.9 Å². The van der Waals surface area contributed by atoms with Gasteiger partial charge in [-0.3, -0.25) is 0 Å². The molecule has 1 aliphatic heterocycles. The van der Waals surface area contributed by atoms with Crippen molar-refractivity contribution >= 4 is 45.7 Å². The van der Waals surface area contributed by atoms with Crippen molar-refractivity contribution in [3.8, 4) is 11.5 Å². The topological polar surface area (TPSA) is 106 Å². The maximum atomic E-state index is 5.44. The monoisotopic (exact) mass is 517 g/mol. The van der Waals surface area contributed by atoms with Crippen LogP contribution in [-0.2, 0) is 6.54 Å². The summed E-state index contributed by atoms with van der Waals surface area (Å²) in [6.07, 6.45) is 1.65. The van der Waals surface area contributed by atoms with Crippen molar-refractivity contribution in [2.45, 2.75) is 6.54 Å². The summed E-state index contributed by atoms with van der Waals surface area (Å²) in [4.78, 5) is 13.4. The van der Waals surface area contributed by atoms with Gasteiger partial charge in [0.1, 0.15) is 0 Å². The molecule has 1 aromatic heterocycles. The van der Waals surface area contributed by atoms with Gasteiger partial charge in [0.05, 0.1) is 6.21 Å². The van der Waals surface area contributed by atoms with Crippen LogP contribution in [0.25, 0.3) is 0 Å². The lowest BCUT2D eigenvalue weighted by molar-refractivity contribution is 0.174. The Morgan fingerprint density at radius 3 is 2.32 bits per heavy atom. The van der Waals surface area contributed by atoms with E-state index in [1.807, 2.05) is 72.8 Å². The molecular formula is C24H20BrN7O2. The molecule has 2 heterocycles. The van der Waals surface area contributed by atoms with Gasteiger partial charge in [-0.25, -0.2) is 5.43 Å². The molecule has 0 spiro atoms. The first-order valence-electron chi connectivity index (χ1n) is 10.5. The third kappa shape index (κ3) is 5.41. The first-order valence-corrected chi connectivity index (χ1v) is 11.3.